The van der Waals surface area contributed by atoms with Gasteiger partial charge in [-0.2, -0.15) is 11.8 Å². The molecule has 8 nitrogen and oxygen atoms in total. The molecule has 1 heterocycles. The van der Waals surface area contributed by atoms with E-state index in [2.05, 4.69) is 21.3 Å². The highest BCUT2D eigenvalue weighted by Gasteiger charge is 2.15. The quantitative estimate of drug-likeness (QED) is 0.377. The zero-order valence-corrected chi connectivity index (χ0v) is 18.0. The van der Waals surface area contributed by atoms with E-state index in [1.807, 2.05) is 30.0 Å². The molecule has 0 spiro atoms. The topological polar surface area (TPSA) is 134 Å². The summed E-state index contributed by atoms with van der Waals surface area (Å²) in [6.45, 7) is 2.38. The van der Waals surface area contributed by atoms with E-state index in [1.54, 1.807) is 24.3 Å². The fraction of sp³-hybridized carbons (Fsp3) is 0.318. The van der Waals surface area contributed by atoms with Crippen molar-refractivity contribution in [2.75, 3.05) is 29.5 Å². The standard InChI is InChI=1S/C22H27N5O3S/c23-18(21(29)30)13-15-5-7-16(8-6-15)20(28)26-22(24)25-14-17-3-1-2-4-19(17)27-9-11-31-12-10-27/h1-8,18H,9-14,23H2,(H,29,30)(H3,24,25,26,28). The van der Waals surface area contributed by atoms with Crippen LogP contribution < -0.4 is 21.7 Å². The van der Waals surface area contributed by atoms with Crippen molar-refractivity contribution in [3.05, 3.63) is 65.2 Å². The van der Waals surface area contributed by atoms with Crippen molar-refractivity contribution >= 4 is 35.3 Å². The molecule has 0 aliphatic carbocycles. The maximum atomic E-state index is 12.4. The first-order valence-corrected chi connectivity index (χ1v) is 11.2. The zero-order valence-electron chi connectivity index (χ0n) is 17.2. The van der Waals surface area contributed by atoms with Crippen LogP contribution in [-0.2, 0) is 17.8 Å². The molecule has 6 N–H and O–H groups in total. The number of aliphatic carboxylic acids is 1. The molecule has 1 amide bonds. The van der Waals surface area contributed by atoms with Gasteiger partial charge in [-0.05, 0) is 35.7 Å². The normalized spacial score (nSPS) is 15.4. The highest BCUT2D eigenvalue weighted by Crippen LogP contribution is 2.24. The molecule has 1 atom stereocenters. The lowest BCUT2D eigenvalue weighted by molar-refractivity contribution is -0.138. The van der Waals surface area contributed by atoms with Crippen molar-refractivity contribution in [3.8, 4) is 0 Å². The Hall–Kier alpha value is -3.04. The largest absolute Gasteiger partial charge is 0.480 e. The molecule has 164 valence electrons. The molecule has 1 saturated heterocycles. The summed E-state index contributed by atoms with van der Waals surface area (Å²) in [5.41, 5.74) is 14.8. The number of hydrogen-bond acceptors (Lipinski definition) is 6. The number of guanidine groups is 1. The van der Waals surface area contributed by atoms with Gasteiger partial charge in [0.25, 0.3) is 5.91 Å². The number of amides is 1. The second-order valence-corrected chi connectivity index (χ2v) is 8.45. The van der Waals surface area contributed by atoms with Crippen LogP contribution in [0.5, 0.6) is 0 Å². The first-order chi connectivity index (χ1) is 14.9. The van der Waals surface area contributed by atoms with E-state index in [-0.39, 0.29) is 18.3 Å². The summed E-state index contributed by atoms with van der Waals surface area (Å²) in [5, 5.41) is 11.5. The van der Waals surface area contributed by atoms with Gasteiger partial charge in [0.2, 0.25) is 0 Å². The summed E-state index contributed by atoms with van der Waals surface area (Å²) in [6.07, 6.45) is 0.190. The van der Waals surface area contributed by atoms with Crippen LogP contribution >= 0.6 is 11.8 Å². The monoisotopic (exact) mass is 441 g/mol. The van der Waals surface area contributed by atoms with E-state index in [0.29, 0.717) is 12.1 Å². The number of thioether (sulfide) groups is 1. The number of aliphatic imine (C=N–C) groups is 1. The fourth-order valence-electron chi connectivity index (χ4n) is 3.29. The number of carboxylic acids is 1. The van der Waals surface area contributed by atoms with E-state index in [1.165, 1.54) is 0 Å². The van der Waals surface area contributed by atoms with Gasteiger partial charge in [0.1, 0.15) is 6.04 Å². The van der Waals surface area contributed by atoms with Crippen LogP contribution in [0.25, 0.3) is 0 Å². The lowest BCUT2D eigenvalue weighted by Gasteiger charge is -2.30. The van der Waals surface area contributed by atoms with Crippen LogP contribution in [-0.4, -0.2) is 53.6 Å². The number of hydrogen-bond donors (Lipinski definition) is 4. The number of nitrogens with one attached hydrogen (secondary N) is 1. The maximum Gasteiger partial charge on any atom is 0.320 e. The second kappa shape index (κ2) is 10.8. The molecule has 9 heteroatoms. The molecule has 0 aromatic heterocycles. The number of carbonyl (C=O) groups is 2. The SMILES string of the molecule is NC(=NCc1ccccc1N1CCSCC1)NC(=O)c1ccc(CC(N)C(=O)O)cc1. The van der Waals surface area contributed by atoms with Gasteiger partial charge in [0.15, 0.2) is 5.96 Å². The molecule has 3 rings (SSSR count). The minimum atomic E-state index is -1.06. The third-order valence-corrected chi connectivity index (χ3v) is 5.94. The van der Waals surface area contributed by atoms with E-state index < -0.39 is 12.0 Å². The molecule has 0 saturated carbocycles. The minimum absolute atomic E-state index is 0.0472. The van der Waals surface area contributed by atoms with Gasteiger partial charge in [-0.25, -0.2) is 4.99 Å². The number of carbonyl (C=O) groups excluding carboxylic acids is 1. The maximum absolute atomic E-state index is 12.4. The predicted octanol–water partition coefficient (Wildman–Crippen LogP) is 1.44. The number of nitrogens with zero attached hydrogens (tertiary/aromatic N) is 2. The van der Waals surface area contributed by atoms with Crippen molar-refractivity contribution in [2.24, 2.45) is 16.5 Å². The third-order valence-electron chi connectivity index (χ3n) is 4.99. The van der Waals surface area contributed by atoms with Crippen LogP contribution in [0.2, 0.25) is 0 Å². The van der Waals surface area contributed by atoms with Crippen molar-refractivity contribution in [3.63, 3.8) is 0 Å². The Bertz CT molecular complexity index is 942. The molecule has 0 bridgehead atoms. The van der Waals surface area contributed by atoms with E-state index in [9.17, 15) is 9.59 Å². The van der Waals surface area contributed by atoms with Gasteiger partial charge in [0.05, 0.1) is 6.54 Å². The van der Waals surface area contributed by atoms with Crippen LogP contribution in [0.4, 0.5) is 5.69 Å². The summed E-state index contributed by atoms with van der Waals surface area (Å²) < 4.78 is 0. The number of rotatable bonds is 7. The minimum Gasteiger partial charge on any atom is -0.480 e. The van der Waals surface area contributed by atoms with E-state index in [4.69, 9.17) is 16.6 Å². The van der Waals surface area contributed by atoms with Crippen molar-refractivity contribution in [1.82, 2.24) is 5.32 Å². The molecular weight excluding hydrogens is 414 g/mol. The summed E-state index contributed by atoms with van der Waals surface area (Å²) >= 11 is 1.96. The fourth-order valence-corrected chi connectivity index (χ4v) is 4.19. The molecule has 2 aromatic rings. The van der Waals surface area contributed by atoms with Gasteiger partial charge in [-0.15, -0.1) is 0 Å². The average Bonchev–Trinajstić information content (AvgIpc) is 2.79. The number of anilines is 1. The lowest BCUT2D eigenvalue weighted by Crippen LogP contribution is -2.37. The molecule has 0 radical (unpaired) electrons. The Kier molecular flexibility index (Phi) is 7.91. The van der Waals surface area contributed by atoms with Crippen LogP contribution in [0.1, 0.15) is 21.5 Å². The van der Waals surface area contributed by atoms with Crippen LogP contribution in [0, 0.1) is 0 Å². The number of carboxylic acid groups (broad SMARTS) is 1. The van der Waals surface area contributed by atoms with Gasteiger partial charge in [-0.3, -0.25) is 14.9 Å². The van der Waals surface area contributed by atoms with Crippen molar-refractivity contribution in [1.29, 1.82) is 0 Å². The van der Waals surface area contributed by atoms with Gasteiger partial charge >= 0.3 is 5.97 Å². The molecule has 1 unspecified atom stereocenters. The Balaban J connectivity index is 1.59. The highest BCUT2D eigenvalue weighted by molar-refractivity contribution is 7.99. The second-order valence-electron chi connectivity index (χ2n) is 7.23. The molecule has 1 aliphatic heterocycles. The van der Waals surface area contributed by atoms with Gasteiger partial charge in [0, 0.05) is 35.8 Å². The third kappa shape index (κ3) is 6.47. The Labute approximate surface area is 185 Å². The van der Waals surface area contributed by atoms with Crippen LogP contribution in [0.15, 0.2) is 53.5 Å². The summed E-state index contributed by atoms with van der Waals surface area (Å²) in [7, 11) is 0. The molecule has 1 aliphatic rings. The Morgan fingerprint density at radius 2 is 1.81 bits per heavy atom. The smallest absolute Gasteiger partial charge is 0.320 e. The van der Waals surface area contributed by atoms with Gasteiger partial charge < -0.3 is 21.5 Å². The molecule has 31 heavy (non-hydrogen) atoms. The van der Waals surface area contributed by atoms with Crippen LogP contribution in [0.3, 0.4) is 0 Å². The van der Waals surface area contributed by atoms with Crippen molar-refractivity contribution in [2.45, 2.75) is 19.0 Å². The van der Waals surface area contributed by atoms with E-state index in [0.717, 1.165) is 41.4 Å². The van der Waals surface area contributed by atoms with Gasteiger partial charge in [-0.1, -0.05) is 30.3 Å². The lowest BCUT2D eigenvalue weighted by atomic mass is 10.0. The highest BCUT2D eigenvalue weighted by atomic mass is 32.2. The van der Waals surface area contributed by atoms with E-state index >= 15 is 0 Å². The first-order valence-electron chi connectivity index (χ1n) is 10.0. The molecule has 1 fully saturated rings. The van der Waals surface area contributed by atoms with Crippen molar-refractivity contribution < 1.29 is 14.7 Å². The zero-order chi connectivity index (χ0) is 22.2. The summed E-state index contributed by atoms with van der Waals surface area (Å²) in [4.78, 5) is 30.0. The Morgan fingerprint density at radius 1 is 1.13 bits per heavy atom. The molecular formula is C22H27N5O3S. The average molecular weight is 442 g/mol. The number of para-hydroxylation sites is 1. The number of nitrogens with two attached hydrogens (primary N) is 2. The summed E-state index contributed by atoms with van der Waals surface area (Å²) in [6, 6.07) is 13.7. The summed E-state index contributed by atoms with van der Waals surface area (Å²) in [5.74, 6) is 0.822. The number of benzene rings is 2. The Morgan fingerprint density at radius 3 is 2.48 bits per heavy atom. The predicted molar refractivity (Wildman–Crippen MR) is 125 cm³/mol. The first kappa shape index (κ1) is 22.6. The molecule has 2 aromatic carbocycles.